The van der Waals surface area contributed by atoms with E-state index in [-0.39, 0.29) is 22.6 Å². The summed E-state index contributed by atoms with van der Waals surface area (Å²) in [5.74, 6) is 0. The summed E-state index contributed by atoms with van der Waals surface area (Å²) in [6, 6.07) is 1.53. The monoisotopic (exact) mass is 350 g/mol. The molecule has 1 aliphatic rings. The van der Waals surface area contributed by atoms with Crippen LogP contribution in [0.1, 0.15) is 12.8 Å². The molecule has 1 aromatic heterocycles. The standard InChI is InChI=1S/C11H12BrClN2O2S/c1-2-5-15(9-3-4-9)18(16,17)10-6-8(12)7-14-11(10)13/h2,6-7,9H,1,3-5H2. The van der Waals surface area contributed by atoms with Crippen LogP contribution in [0.2, 0.25) is 5.15 Å². The molecule has 1 aromatic rings. The third-order valence-corrected chi connectivity index (χ3v) is 5.40. The van der Waals surface area contributed by atoms with Gasteiger partial charge in [-0.15, -0.1) is 6.58 Å². The zero-order valence-electron chi connectivity index (χ0n) is 9.51. The molecule has 98 valence electrons. The maximum absolute atomic E-state index is 12.5. The molecule has 0 spiro atoms. The van der Waals surface area contributed by atoms with Gasteiger partial charge in [0, 0.05) is 23.3 Å². The molecule has 1 saturated carbocycles. The van der Waals surface area contributed by atoms with Crippen LogP contribution >= 0.6 is 27.5 Å². The molecule has 0 unspecified atom stereocenters. The van der Waals surface area contributed by atoms with Gasteiger partial charge in [-0.05, 0) is 34.8 Å². The summed E-state index contributed by atoms with van der Waals surface area (Å²) in [7, 11) is -3.62. The van der Waals surface area contributed by atoms with Crippen LogP contribution in [0.3, 0.4) is 0 Å². The zero-order valence-corrected chi connectivity index (χ0v) is 12.7. The Labute approximate surface area is 120 Å². The maximum Gasteiger partial charge on any atom is 0.246 e. The van der Waals surface area contributed by atoms with Crippen LogP contribution in [0, 0.1) is 0 Å². The highest BCUT2D eigenvalue weighted by molar-refractivity contribution is 9.10. The molecule has 1 aliphatic carbocycles. The smallest absolute Gasteiger partial charge is 0.242 e. The molecule has 0 N–H and O–H groups in total. The average molecular weight is 352 g/mol. The van der Waals surface area contributed by atoms with E-state index >= 15 is 0 Å². The van der Waals surface area contributed by atoms with Gasteiger partial charge in [0.15, 0.2) is 0 Å². The summed E-state index contributed by atoms with van der Waals surface area (Å²) in [4.78, 5) is 3.89. The van der Waals surface area contributed by atoms with Crippen molar-refractivity contribution in [2.24, 2.45) is 0 Å². The number of nitrogens with zero attached hydrogens (tertiary/aromatic N) is 2. The molecule has 0 atom stereocenters. The van der Waals surface area contributed by atoms with Crippen LogP contribution in [0.5, 0.6) is 0 Å². The number of halogens is 2. The van der Waals surface area contributed by atoms with E-state index in [0.29, 0.717) is 4.47 Å². The largest absolute Gasteiger partial charge is 0.246 e. The van der Waals surface area contributed by atoms with Crippen molar-refractivity contribution in [2.75, 3.05) is 6.54 Å². The molecule has 0 aliphatic heterocycles. The second-order valence-corrected chi connectivity index (χ2v) is 7.17. The van der Waals surface area contributed by atoms with E-state index in [9.17, 15) is 8.42 Å². The minimum absolute atomic E-state index is 0.00656. The molecule has 18 heavy (non-hydrogen) atoms. The van der Waals surface area contributed by atoms with Crippen LogP contribution in [0.25, 0.3) is 0 Å². The van der Waals surface area contributed by atoms with Crippen molar-refractivity contribution in [3.63, 3.8) is 0 Å². The number of sulfonamides is 1. The lowest BCUT2D eigenvalue weighted by molar-refractivity contribution is 0.435. The molecule has 0 radical (unpaired) electrons. The number of aromatic nitrogens is 1. The topological polar surface area (TPSA) is 50.3 Å². The highest BCUT2D eigenvalue weighted by Crippen LogP contribution is 2.34. The summed E-state index contributed by atoms with van der Waals surface area (Å²) < 4.78 is 27.0. The van der Waals surface area contributed by atoms with E-state index in [1.165, 1.54) is 16.6 Å². The number of pyridine rings is 1. The van der Waals surface area contributed by atoms with E-state index in [0.717, 1.165) is 12.8 Å². The highest BCUT2D eigenvalue weighted by Gasteiger charge is 2.38. The molecule has 0 aromatic carbocycles. The molecule has 0 saturated heterocycles. The minimum atomic E-state index is -3.62. The van der Waals surface area contributed by atoms with E-state index in [1.54, 1.807) is 6.08 Å². The fraction of sp³-hybridized carbons (Fsp3) is 0.364. The zero-order chi connectivity index (χ0) is 13.3. The van der Waals surface area contributed by atoms with Crippen molar-refractivity contribution in [3.05, 3.63) is 34.5 Å². The highest BCUT2D eigenvalue weighted by atomic mass is 79.9. The number of rotatable bonds is 5. The Kier molecular flexibility index (Phi) is 4.11. The predicted molar refractivity (Wildman–Crippen MR) is 74.1 cm³/mol. The second-order valence-electron chi connectivity index (χ2n) is 4.04. The first-order chi connectivity index (χ1) is 8.46. The minimum Gasteiger partial charge on any atom is -0.242 e. The molecule has 7 heteroatoms. The van der Waals surface area contributed by atoms with Crippen molar-refractivity contribution in [2.45, 2.75) is 23.8 Å². The molecular weight excluding hydrogens is 340 g/mol. The Balaban J connectivity index is 2.45. The maximum atomic E-state index is 12.5. The quantitative estimate of drug-likeness (QED) is 0.605. The van der Waals surface area contributed by atoms with Gasteiger partial charge in [-0.25, -0.2) is 13.4 Å². The summed E-state index contributed by atoms with van der Waals surface area (Å²) in [5.41, 5.74) is 0. The van der Waals surface area contributed by atoms with E-state index in [1.807, 2.05) is 0 Å². The third-order valence-electron chi connectivity index (χ3n) is 2.62. The van der Waals surface area contributed by atoms with Gasteiger partial charge in [-0.1, -0.05) is 17.7 Å². The van der Waals surface area contributed by atoms with Crippen molar-refractivity contribution in [1.29, 1.82) is 0 Å². The predicted octanol–water partition coefficient (Wildman–Crippen LogP) is 2.84. The summed E-state index contributed by atoms with van der Waals surface area (Å²) in [6.45, 7) is 3.88. The Morgan fingerprint density at radius 3 is 2.83 bits per heavy atom. The Bertz CT molecular complexity index is 572. The average Bonchev–Trinajstić information content (AvgIpc) is 3.13. The molecule has 2 rings (SSSR count). The SMILES string of the molecule is C=CCN(C1CC1)S(=O)(=O)c1cc(Br)cnc1Cl. The Morgan fingerprint density at radius 1 is 1.61 bits per heavy atom. The first-order valence-electron chi connectivity index (χ1n) is 5.40. The summed E-state index contributed by atoms with van der Waals surface area (Å²) in [6.07, 6.45) is 4.81. The van der Waals surface area contributed by atoms with Gasteiger partial charge < -0.3 is 0 Å². The van der Waals surface area contributed by atoms with Gasteiger partial charge in [0.05, 0.1) is 0 Å². The number of hydrogen-bond acceptors (Lipinski definition) is 3. The van der Waals surface area contributed by atoms with Gasteiger partial charge in [0.1, 0.15) is 10.0 Å². The molecule has 0 amide bonds. The molecular formula is C11H12BrClN2O2S. The lowest BCUT2D eigenvalue weighted by Crippen LogP contribution is -2.33. The van der Waals surface area contributed by atoms with E-state index in [2.05, 4.69) is 27.5 Å². The molecule has 1 heterocycles. The first-order valence-corrected chi connectivity index (χ1v) is 8.01. The van der Waals surface area contributed by atoms with Crippen LogP contribution in [-0.2, 0) is 10.0 Å². The van der Waals surface area contributed by atoms with Crippen LogP contribution in [0.15, 0.2) is 34.3 Å². The lowest BCUT2D eigenvalue weighted by atomic mass is 10.5. The van der Waals surface area contributed by atoms with Gasteiger partial charge in [-0.3, -0.25) is 0 Å². The van der Waals surface area contributed by atoms with E-state index < -0.39 is 10.0 Å². The van der Waals surface area contributed by atoms with Gasteiger partial charge in [-0.2, -0.15) is 4.31 Å². The first kappa shape index (κ1) is 14.0. The molecule has 4 nitrogen and oxygen atoms in total. The fourth-order valence-electron chi connectivity index (χ4n) is 1.64. The van der Waals surface area contributed by atoms with Gasteiger partial charge in [0.2, 0.25) is 10.0 Å². The lowest BCUT2D eigenvalue weighted by Gasteiger charge is -2.20. The van der Waals surface area contributed by atoms with Crippen molar-refractivity contribution in [3.8, 4) is 0 Å². The fourth-order valence-corrected chi connectivity index (χ4v) is 4.22. The van der Waals surface area contributed by atoms with Crippen molar-refractivity contribution in [1.82, 2.24) is 9.29 Å². The Hall–Kier alpha value is -0.430. The van der Waals surface area contributed by atoms with Gasteiger partial charge in [0.25, 0.3) is 0 Å². The summed E-state index contributed by atoms with van der Waals surface area (Å²) in [5, 5.41) is -0.00656. The third kappa shape index (κ3) is 2.77. The summed E-state index contributed by atoms with van der Waals surface area (Å²) >= 11 is 9.09. The van der Waals surface area contributed by atoms with Gasteiger partial charge >= 0.3 is 0 Å². The van der Waals surface area contributed by atoms with E-state index in [4.69, 9.17) is 11.6 Å². The Morgan fingerprint density at radius 2 is 2.28 bits per heavy atom. The van der Waals surface area contributed by atoms with Crippen LogP contribution in [0.4, 0.5) is 0 Å². The molecule has 0 bridgehead atoms. The van der Waals surface area contributed by atoms with Crippen LogP contribution < -0.4 is 0 Å². The van der Waals surface area contributed by atoms with Crippen LogP contribution in [-0.4, -0.2) is 30.3 Å². The van der Waals surface area contributed by atoms with Crippen molar-refractivity contribution < 1.29 is 8.42 Å². The second kappa shape index (κ2) is 5.28. The molecule has 1 fully saturated rings. The number of hydrogen-bond donors (Lipinski definition) is 0. The normalized spacial score (nSPS) is 15.9. The van der Waals surface area contributed by atoms with Crippen molar-refractivity contribution >= 4 is 37.6 Å².